The van der Waals surface area contributed by atoms with Gasteiger partial charge in [0.2, 0.25) is 0 Å². The summed E-state index contributed by atoms with van der Waals surface area (Å²) in [7, 11) is 0. The Morgan fingerprint density at radius 1 is 1.09 bits per heavy atom. The highest BCUT2D eigenvalue weighted by Gasteiger charge is 2.38. The molecule has 1 aromatic rings. The van der Waals surface area contributed by atoms with E-state index in [9.17, 15) is 4.79 Å². The van der Waals surface area contributed by atoms with E-state index >= 15 is 0 Å². The highest BCUT2D eigenvalue weighted by molar-refractivity contribution is 5.92. The molecule has 6 nitrogen and oxygen atoms in total. The predicted molar refractivity (Wildman–Crippen MR) is 82.5 cm³/mol. The van der Waals surface area contributed by atoms with Crippen LogP contribution in [0.4, 0.5) is 0 Å². The number of nitrogens with zero attached hydrogens (tertiary/aromatic N) is 5. The van der Waals surface area contributed by atoms with E-state index in [1.165, 1.54) is 32.5 Å². The minimum atomic E-state index is 0.0154. The van der Waals surface area contributed by atoms with Gasteiger partial charge in [0.1, 0.15) is 0 Å². The predicted octanol–water partition coefficient (Wildman–Crippen LogP) is 0.329. The van der Waals surface area contributed by atoms with Crippen LogP contribution in [0.1, 0.15) is 23.3 Å². The van der Waals surface area contributed by atoms with E-state index in [0.717, 1.165) is 32.1 Å². The van der Waals surface area contributed by atoms with Crippen LogP contribution in [0.25, 0.3) is 0 Å². The number of piperazine rings is 1. The first-order chi connectivity index (χ1) is 10.8. The maximum absolute atomic E-state index is 12.4. The fourth-order valence-corrected chi connectivity index (χ4v) is 4.18. The number of rotatable bonds is 2. The normalized spacial score (nSPS) is 32.2. The number of amides is 1. The second-order valence-corrected chi connectivity index (χ2v) is 6.64. The third-order valence-electron chi connectivity index (χ3n) is 5.48. The summed E-state index contributed by atoms with van der Waals surface area (Å²) in [5, 5.41) is 7.73. The number of carbonyl (C=O) groups is 1. The number of aromatic nitrogens is 2. The molecule has 1 amide bonds. The second kappa shape index (κ2) is 5.93. The van der Waals surface area contributed by atoms with E-state index in [4.69, 9.17) is 0 Å². The van der Waals surface area contributed by atoms with Gasteiger partial charge in [-0.1, -0.05) is 0 Å². The van der Waals surface area contributed by atoms with Crippen LogP contribution in [0.15, 0.2) is 18.3 Å². The third-order valence-corrected chi connectivity index (χ3v) is 5.48. The Morgan fingerprint density at radius 2 is 1.86 bits per heavy atom. The molecule has 0 aliphatic carbocycles. The summed E-state index contributed by atoms with van der Waals surface area (Å²) in [6.07, 6.45) is 4.30. The van der Waals surface area contributed by atoms with Gasteiger partial charge in [0.05, 0.1) is 0 Å². The number of piperidine rings is 3. The SMILES string of the molecule is O=C(c1cccnn1)N1CCN([C@@H]2CN3CCC2CC3)CC1. The van der Waals surface area contributed by atoms with Crippen LogP contribution in [0.3, 0.4) is 0 Å². The van der Waals surface area contributed by atoms with Crippen LogP contribution < -0.4 is 0 Å². The van der Waals surface area contributed by atoms with E-state index in [1.54, 1.807) is 18.3 Å². The van der Waals surface area contributed by atoms with Crippen LogP contribution in [0.2, 0.25) is 0 Å². The second-order valence-electron chi connectivity index (χ2n) is 6.64. The third kappa shape index (κ3) is 2.61. The lowest BCUT2D eigenvalue weighted by Gasteiger charge is -2.50. The van der Waals surface area contributed by atoms with Gasteiger partial charge in [0.25, 0.3) is 5.91 Å². The lowest BCUT2D eigenvalue weighted by molar-refractivity contribution is -0.0132. The van der Waals surface area contributed by atoms with Crippen molar-refractivity contribution in [3.8, 4) is 0 Å². The zero-order valence-electron chi connectivity index (χ0n) is 12.9. The van der Waals surface area contributed by atoms with E-state index < -0.39 is 0 Å². The quantitative estimate of drug-likeness (QED) is 0.788. The average Bonchev–Trinajstić information content (AvgIpc) is 2.63. The van der Waals surface area contributed by atoms with E-state index in [1.807, 2.05) is 4.90 Å². The van der Waals surface area contributed by atoms with Crippen molar-refractivity contribution >= 4 is 5.91 Å². The summed E-state index contributed by atoms with van der Waals surface area (Å²) in [5.41, 5.74) is 0.457. The average molecular weight is 301 g/mol. The summed E-state index contributed by atoms with van der Waals surface area (Å²) >= 11 is 0. The molecule has 6 heteroatoms. The molecule has 2 bridgehead atoms. The van der Waals surface area contributed by atoms with Crippen LogP contribution in [-0.2, 0) is 0 Å². The fourth-order valence-electron chi connectivity index (χ4n) is 4.18. The minimum Gasteiger partial charge on any atom is -0.335 e. The summed E-state index contributed by atoms with van der Waals surface area (Å²) in [6.45, 7) is 7.38. The van der Waals surface area contributed by atoms with Crippen LogP contribution in [0.5, 0.6) is 0 Å². The largest absolute Gasteiger partial charge is 0.335 e. The molecule has 4 fully saturated rings. The van der Waals surface area contributed by atoms with Gasteiger partial charge in [-0.25, -0.2) is 0 Å². The zero-order chi connectivity index (χ0) is 14.9. The number of fused-ring (bicyclic) bond motifs is 3. The molecule has 0 unspecified atom stereocenters. The maximum atomic E-state index is 12.4. The van der Waals surface area contributed by atoms with Crippen LogP contribution >= 0.6 is 0 Å². The summed E-state index contributed by atoms with van der Waals surface area (Å²) in [4.78, 5) is 19.5. The van der Waals surface area contributed by atoms with Crippen molar-refractivity contribution in [2.24, 2.45) is 5.92 Å². The molecule has 0 N–H and O–H groups in total. The molecule has 1 atom stereocenters. The highest BCUT2D eigenvalue weighted by atomic mass is 16.2. The molecule has 0 aromatic carbocycles. The first-order valence-corrected chi connectivity index (χ1v) is 8.34. The fraction of sp³-hybridized carbons (Fsp3) is 0.688. The van der Waals surface area contributed by atoms with E-state index in [0.29, 0.717) is 11.7 Å². The van der Waals surface area contributed by atoms with Crippen LogP contribution in [-0.4, -0.2) is 82.7 Å². The zero-order valence-corrected chi connectivity index (χ0v) is 12.9. The first kappa shape index (κ1) is 14.1. The van der Waals surface area contributed by atoms with Gasteiger partial charge in [0.15, 0.2) is 5.69 Å². The number of hydrogen-bond donors (Lipinski definition) is 0. The van der Waals surface area contributed by atoms with Crippen molar-refractivity contribution in [2.45, 2.75) is 18.9 Å². The molecule has 5 rings (SSSR count). The maximum Gasteiger partial charge on any atom is 0.274 e. The molecule has 22 heavy (non-hydrogen) atoms. The van der Waals surface area contributed by atoms with Gasteiger partial charge in [-0.05, 0) is 44.0 Å². The Morgan fingerprint density at radius 3 is 2.45 bits per heavy atom. The van der Waals surface area contributed by atoms with Crippen LogP contribution in [0, 0.1) is 5.92 Å². The van der Waals surface area contributed by atoms with Gasteiger partial charge in [-0.3, -0.25) is 9.69 Å². The topological polar surface area (TPSA) is 52.6 Å². The van der Waals surface area contributed by atoms with Crippen molar-refractivity contribution < 1.29 is 4.79 Å². The van der Waals surface area contributed by atoms with Gasteiger partial charge >= 0.3 is 0 Å². The Bertz CT molecular complexity index is 521. The smallest absolute Gasteiger partial charge is 0.274 e. The summed E-state index contributed by atoms with van der Waals surface area (Å²) in [6, 6.07) is 4.22. The summed E-state index contributed by atoms with van der Waals surface area (Å²) in [5.74, 6) is 0.883. The molecule has 0 radical (unpaired) electrons. The molecule has 4 aliphatic rings. The first-order valence-electron chi connectivity index (χ1n) is 8.34. The standard InChI is InChI=1S/C16H23N5O/c22-16(14-2-1-5-17-18-14)21-10-8-20(9-11-21)15-12-19-6-3-13(15)4-7-19/h1-2,5,13,15H,3-4,6-12H2/t15-/m1/s1. The minimum absolute atomic E-state index is 0.0154. The molecular formula is C16H23N5O. The highest BCUT2D eigenvalue weighted by Crippen LogP contribution is 2.31. The molecule has 4 saturated heterocycles. The molecule has 0 saturated carbocycles. The monoisotopic (exact) mass is 301 g/mol. The van der Waals surface area contributed by atoms with Crippen molar-refractivity contribution in [1.82, 2.24) is 24.9 Å². The van der Waals surface area contributed by atoms with Gasteiger partial charge in [-0.15, -0.1) is 5.10 Å². The van der Waals surface area contributed by atoms with Crippen molar-refractivity contribution in [2.75, 3.05) is 45.8 Å². The lowest BCUT2D eigenvalue weighted by Crippen LogP contribution is -2.61. The van der Waals surface area contributed by atoms with Gasteiger partial charge in [0, 0.05) is 45.0 Å². The summed E-state index contributed by atoms with van der Waals surface area (Å²) < 4.78 is 0. The Hall–Kier alpha value is -1.53. The Kier molecular flexibility index (Phi) is 3.80. The van der Waals surface area contributed by atoms with E-state index in [-0.39, 0.29) is 5.91 Å². The van der Waals surface area contributed by atoms with Crippen molar-refractivity contribution in [3.05, 3.63) is 24.0 Å². The number of carbonyl (C=O) groups excluding carboxylic acids is 1. The van der Waals surface area contributed by atoms with Gasteiger partial charge in [-0.2, -0.15) is 5.10 Å². The molecule has 5 heterocycles. The molecule has 4 aliphatic heterocycles. The molecular weight excluding hydrogens is 278 g/mol. The molecule has 0 spiro atoms. The van der Waals surface area contributed by atoms with Crippen molar-refractivity contribution in [3.63, 3.8) is 0 Å². The van der Waals surface area contributed by atoms with Gasteiger partial charge < -0.3 is 9.80 Å². The lowest BCUT2D eigenvalue weighted by atomic mass is 9.83. The van der Waals surface area contributed by atoms with E-state index in [2.05, 4.69) is 20.0 Å². The van der Waals surface area contributed by atoms with Crippen molar-refractivity contribution in [1.29, 1.82) is 0 Å². The number of hydrogen-bond acceptors (Lipinski definition) is 5. The molecule has 1 aromatic heterocycles. The Labute approximate surface area is 131 Å². The Balaban J connectivity index is 1.36. The molecule has 118 valence electrons.